The maximum atomic E-state index is 9.37. The molecular formula is C14H21N3O. The summed E-state index contributed by atoms with van der Waals surface area (Å²) in [6, 6.07) is 0. The minimum Gasteiger partial charge on any atom is -0.391 e. The highest BCUT2D eigenvalue weighted by molar-refractivity contribution is 5.45. The summed E-state index contributed by atoms with van der Waals surface area (Å²) >= 11 is 0. The van der Waals surface area contributed by atoms with Crippen molar-refractivity contribution >= 4 is 5.82 Å². The highest BCUT2D eigenvalue weighted by Gasteiger charge is 2.32. The molecule has 2 fully saturated rings. The molecule has 1 saturated carbocycles. The van der Waals surface area contributed by atoms with Crippen LogP contribution >= 0.6 is 0 Å². The highest BCUT2D eigenvalue weighted by Crippen LogP contribution is 2.37. The fourth-order valence-electron chi connectivity index (χ4n) is 3.54. The van der Waals surface area contributed by atoms with Crippen LogP contribution in [0.25, 0.3) is 0 Å². The number of nitrogens with zero attached hydrogens (tertiary/aromatic N) is 3. The minimum atomic E-state index is 0.0285. The molecule has 98 valence electrons. The molecule has 3 rings (SSSR count). The van der Waals surface area contributed by atoms with Crippen LogP contribution in [-0.2, 0) is 6.61 Å². The third-order valence-corrected chi connectivity index (χ3v) is 4.53. The predicted octanol–water partition coefficient (Wildman–Crippen LogP) is 1.99. The number of aromatic nitrogens is 2. The lowest BCUT2D eigenvalue weighted by atomic mass is 9.75. The molecule has 1 aliphatic heterocycles. The van der Waals surface area contributed by atoms with Gasteiger partial charge < -0.3 is 10.0 Å². The van der Waals surface area contributed by atoms with Crippen molar-refractivity contribution in [1.82, 2.24) is 9.97 Å². The van der Waals surface area contributed by atoms with Gasteiger partial charge >= 0.3 is 0 Å². The summed E-state index contributed by atoms with van der Waals surface area (Å²) in [6.07, 6.45) is 10.2. The second-order valence-electron chi connectivity index (χ2n) is 5.57. The molecule has 1 saturated heterocycles. The average molecular weight is 247 g/mol. The largest absolute Gasteiger partial charge is 0.391 e. The van der Waals surface area contributed by atoms with Crippen LogP contribution in [0.15, 0.2) is 12.5 Å². The van der Waals surface area contributed by atoms with E-state index in [9.17, 15) is 5.11 Å². The summed E-state index contributed by atoms with van der Waals surface area (Å²) < 4.78 is 0. The Bertz CT molecular complexity index is 410. The van der Waals surface area contributed by atoms with Crippen molar-refractivity contribution in [2.45, 2.75) is 38.7 Å². The molecule has 0 bridgehead atoms. The molecule has 2 unspecified atom stereocenters. The summed E-state index contributed by atoms with van der Waals surface area (Å²) in [6.45, 7) is 2.21. The van der Waals surface area contributed by atoms with E-state index in [-0.39, 0.29) is 6.61 Å². The number of rotatable bonds is 2. The Morgan fingerprint density at radius 2 is 2.06 bits per heavy atom. The lowest BCUT2D eigenvalue weighted by molar-refractivity contribution is 0.201. The van der Waals surface area contributed by atoms with E-state index < -0.39 is 0 Å². The van der Waals surface area contributed by atoms with Gasteiger partial charge in [-0.05, 0) is 24.7 Å². The van der Waals surface area contributed by atoms with Gasteiger partial charge in [-0.3, -0.25) is 0 Å². The monoisotopic (exact) mass is 247 g/mol. The quantitative estimate of drug-likeness (QED) is 0.868. The summed E-state index contributed by atoms with van der Waals surface area (Å²) in [7, 11) is 0. The first-order valence-corrected chi connectivity index (χ1v) is 7.03. The third-order valence-electron chi connectivity index (χ3n) is 4.53. The van der Waals surface area contributed by atoms with Crippen LogP contribution in [0, 0.1) is 11.8 Å². The molecule has 18 heavy (non-hydrogen) atoms. The predicted molar refractivity (Wildman–Crippen MR) is 70.2 cm³/mol. The summed E-state index contributed by atoms with van der Waals surface area (Å²) in [5.41, 5.74) is 0.853. The number of aliphatic hydroxyl groups is 1. The molecular weight excluding hydrogens is 226 g/mol. The molecule has 1 aromatic heterocycles. The normalized spacial score (nSPS) is 27.9. The molecule has 2 atom stereocenters. The number of anilines is 1. The van der Waals surface area contributed by atoms with E-state index in [1.165, 1.54) is 32.1 Å². The molecule has 2 heterocycles. The summed E-state index contributed by atoms with van der Waals surface area (Å²) in [5.74, 6) is 2.69. The molecule has 0 radical (unpaired) electrons. The zero-order chi connectivity index (χ0) is 12.4. The van der Waals surface area contributed by atoms with Crippen LogP contribution in [0.5, 0.6) is 0 Å². The van der Waals surface area contributed by atoms with E-state index in [4.69, 9.17) is 0 Å². The topological polar surface area (TPSA) is 49.3 Å². The van der Waals surface area contributed by atoms with Crippen molar-refractivity contribution < 1.29 is 5.11 Å². The van der Waals surface area contributed by atoms with Gasteiger partial charge in [0, 0.05) is 24.8 Å². The Balaban J connectivity index is 1.77. The molecule has 0 aromatic carbocycles. The minimum absolute atomic E-state index is 0.0285. The standard InChI is InChI=1S/C14H21N3O/c18-9-13-7-15-10-16-14(13)17-6-5-11-3-1-2-4-12(11)8-17/h7,10-12,18H,1-6,8-9H2. The fraction of sp³-hybridized carbons (Fsp3) is 0.714. The molecule has 0 spiro atoms. The van der Waals surface area contributed by atoms with Gasteiger partial charge in [0.2, 0.25) is 0 Å². The first kappa shape index (κ1) is 11.9. The molecule has 2 aliphatic rings. The van der Waals surface area contributed by atoms with Crippen LogP contribution in [-0.4, -0.2) is 28.2 Å². The molecule has 0 amide bonds. The first-order chi connectivity index (χ1) is 8.88. The number of fused-ring (bicyclic) bond motifs is 1. The SMILES string of the molecule is OCc1cncnc1N1CCC2CCCCC2C1. The van der Waals surface area contributed by atoms with Crippen LogP contribution in [0.3, 0.4) is 0 Å². The number of aliphatic hydroxyl groups excluding tert-OH is 1. The van der Waals surface area contributed by atoms with Crippen molar-refractivity contribution in [3.8, 4) is 0 Å². The van der Waals surface area contributed by atoms with Gasteiger partial charge in [0.25, 0.3) is 0 Å². The number of piperidine rings is 1. The molecule has 1 aromatic rings. The first-order valence-electron chi connectivity index (χ1n) is 7.03. The van der Waals surface area contributed by atoms with Gasteiger partial charge in [-0.15, -0.1) is 0 Å². The van der Waals surface area contributed by atoms with E-state index in [0.29, 0.717) is 0 Å². The Morgan fingerprint density at radius 1 is 1.22 bits per heavy atom. The van der Waals surface area contributed by atoms with Gasteiger partial charge in [-0.25, -0.2) is 9.97 Å². The lowest BCUT2D eigenvalue weighted by Gasteiger charge is -2.42. The van der Waals surface area contributed by atoms with Crippen molar-refractivity contribution in [1.29, 1.82) is 0 Å². The van der Waals surface area contributed by atoms with E-state index in [0.717, 1.165) is 36.3 Å². The summed E-state index contributed by atoms with van der Waals surface area (Å²) in [4.78, 5) is 10.7. The highest BCUT2D eigenvalue weighted by atomic mass is 16.3. The zero-order valence-corrected chi connectivity index (χ0v) is 10.8. The zero-order valence-electron chi connectivity index (χ0n) is 10.8. The van der Waals surface area contributed by atoms with Crippen molar-refractivity contribution in [2.24, 2.45) is 11.8 Å². The van der Waals surface area contributed by atoms with Gasteiger partial charge in [-0.2, -0.15) is 0 Å². The number of hydrogen-bond acceptors (Lipinski definition) is 4. The van der Waals surface area contributed by atoms with Crippen LogP contribution < -0.4 is 4.90 Å². The summed E-state index contributed by atoms with van der Waals surface area (Å²) in [5, 5.41) is 9.37. The molecule has 1 N–H and O–H groups in total. The van der Waals surface area contributed by atoms with Gasteiger partial charge in [0.05, 0.1) is 6.61 Å². The Labute approximate surface area is 108 Å². The van der Waals surface area contributed by atoms with Gasteiger partial charge in [0.1, 0.15) is 12.1 Å². The molecule has 4 heteroatoms. The maximum absolute atomic E-state index is 9.37. The van der Waals surface area contributed by atoms with Crippen LogP contribution in [0.2, 0.25) is 0 Å². The smallest absolute Gasteiger partial charge is 0.137 e. The second kappa shape index (κ2) is 5.22. The molecule has 1 aliphatic carbocycles. The van der Waals surface area contributed by atoms with Crippen LogP contribution in [0.1, 0.15) is 37.7 Å². The fourth-order valence-corrected chi connectivity index (χ4v) is 3.54. The maximum Gasteiger partial charge on any atom is 0.137 e. The number of hydrogen-bond donors (Lipinski definition) is 1. The van der Waals surface area contributed by atoms with Crippen molar-refractivity contribution in [2.75, 3.05) is 18.0 Å². The van der Waals surface area contributed by atoms with Gasteiger partial charge in [-0.1, -0.05) is 19.3 Å². The Morgan fingerprint density at radius 3 is 2.89 bits per heavy atom. The van der Waals surface area contributed by atoms with Crippen molar-refractivity contribution in [3.63, 3.8) is 0 Å². The third kappa shape index (κ3) is 2.21. The second-order valence-corrected chi connectivity index (χ2v) is 5.57. The Kier molecular flexibility index (Phi) is 3.46. The van der Waals surface area contributed by atoms with Crippen LogP contribution in [0.4, 0.5) is 5.82 Å². The van der Waals surface area contributed by atoms with E-state index in [2.05, 4.69) is 14.9 Å². The Hall–Kier alpha value is -1.16. The average Bonchev–Trinajstić information content (AvgIpc) is 2.46. The van der Waals surface area contributed by atoms with Crippen molar-refractivity contribution in [3.05, 3.63) is 18.1 Å². The van der Waals surface area contributed by atoms with E-state index in [1.54, 1.807) is 12.5 Å². The van der Waals surface area contributed by atoms with E-state index >= 15 is 0 Å². The van der Waals surface area contributed by atoms with E-state index in [1.807, 2.05) is 0 Å². The van der Waals surface area contributed by atoms with Gasteiger partial charge in [0.15, 0.2) is 0 Å². The molecule has 4 nitrogen and oxygen atoms in total. The lowest BCUT2D eigenvalue weighted by Crippen LogP contribution is -2.42.